The van der Waals surface area contributed by atoms with E-state index in [0.717, 1.165) is 0 Å². The van der Waals surface area contributed by atoms with Crippen LogP contribution in [0.4, 0.5) is 5.69 Å². The minimum Gasteiger partial charge on any atom is -0.477 e. The average Bonchev–Trinajstić information content (AvgIpc) is 2.85. The molecule has 0 bridgehead atoms. The number of hydrogen-bond donors (Lipinski definition) is 2. The molecular weight excluding hydrogens is 234 g/mol. The standard InChI is InChI=1S/C12H13N3O3/c1-14-6-3-4-9(14)11(16)13-8-5-7-15(2)10(8)12(17)18/h3-7H,1-2H3,(H,13,16)(H,17,18). The maximum atomic E-state index is 11.9. The van der Waals surface area contributed by atoms with E-state index in [9.17, 15) is 9.59 Å². The number of rotatable bonds is 3. The van der Waals surface area contributed by atoms with Crippen LogP contribution in [0.5, 0.6) is 0 Å². The number of aromatic carboxylic acids is 1. The first-order valence-corrected chi connectivity index (χ1v) is 5.32. The molecule has 0 spiro atoms. The second-order valence-electron chi connectivity index (χ2n) is 3.95. The number of carbonyl (C=O) groups is 2. The predicted octanol–water partition coefficient (Wildman–Crippen LogP) is 1.31. The van der Waals surface area contributed by atoms with Crippen molar-refractivity contribution in [2.45, 2.75) is 0 Å². The summed E-state index contributed by atoms with van der Waals surface area (Å²) in [5, 5.41) is 11.7. The average molecular weight is 247 g/mol. The molecule has 1 amide bonds. The molecule has 2 rings (SSSR count). The van der Waals surface area contributed by atoms with Gasteiger partial charge in [-0.15, -0.1) is 0 Å². The molecule has 0 radical (unpaired) electrons. The van der Waals surface area contributed by atoms with E-state index in [-0.39, 0.29) is 17.3 Å². The van der Waals surface area contributed by atoms with Crippen LogP contribution in [0.3, 0.4) is 0 Å². The Morgan fingerprint density at radius 3 is 2.44 bits per heavy atom. The van der Waals surface area contributed by atoms with Crippen LogP contribution in [-0.2, 0) is 14.1 Å². The van der Waals surface area contributed by atoms with Gasteiger partial charge < -0.3 is 19.6 Å². The predicted molar refractivity (Wildman–Crippen MR) is 65.7 cm³/mol. The SMILES string of the molecule is Cn1cccc1C(=O)Nc1ccn(C)c1C(=O)O. The monoisotopic (exact) mass is 247 g/mol. The van der Waals surface area contributed by atoms with Crippen molar-refractivity contribution in [3.05, 3.63) is 42.0 Å². The fourth-order valence-corrected chi connectivity index (χ4v) is 1.78. The van der Waals surface area contributed by atoms with Crippen LogP contribution in [0.25, 0.3) is 0 Å². The van der Waals surface area contributed by atoms with E-state index in [0.29, 0.717) is 5.69 Å². The molecule has 0 saturated heterocycles. The van der Waals surface area contributed by atoms with Crippen molar-refractivity contribution in [2.24, 2.45) is 14.1 Å². The summed E-state index contributed by atoms with van der Waals surface area (Å²) in [5.41, 5.74) is 0.809. The zero-order valence-electron chi connectivity index (χ0n) is 10.0. The summed E-state index contributed by atoms with van der Waals surface area (Å²) < 4.78 is 3.11. The number of hydrogen-bond acceptors (Lipinski definition) is 2. The largest absolute Gasteiger partial charge is 0.477 e. The van der Waals surface area contributed by atoms with Gasteiger partial charge in [0.05, 0.1) is 5.69 Å². The van der Waals surface area contributed by atoms with Crippen molar-refractivity contribution < 1.29 is 14.7 Å². The highest BCUT2D eigenvalue weighted by Gasteiger charge is 2.17. The lowest BCUT2D eigenvalue weighted by Gasteiger charge is -2.06. The maximum absolute atomic E-state index is 11.9. The Morgan fingerprint density at radius 2 is 1.89 bits per heavy atom. The van der Waals surface area contributed by atoms with Gasteiger partial charge in [-0.25, -0.2) is 4.79 Å². The summed E-state index contributed by atoms with van der Waals surface area (Å²) in [6, 6.07) is 4.97. The molecule has 2 N–H and O–H groups in total. The van der Waals surface area contributed by atoms with Gasteiger partial charge in [-0.1, -0.05) is 0 Å². The number of amides is 1. The summed E-state index contributed by atoms with van der Waals surface area (Å²) in [5.74, 6) is -1.42. The van der Waals surface area contributed by atoms with E-state index >= 15 is 0 Å². The zero-order valence-corrected chi connectivity index (χ0v) is 10.0. The van der Waals surface area contributed by atoms with E-state index in [4.69, 9.17) is 5.11 Å². The highest BCUT2D eigenvalue weighted by molar-refractivity contribution is 6.06. The van der Waals surface area contributed by atoms with Crippen molar-refractivity contribution in [1.82, 2.24) is 9.13 Å². The van der Waals surface area contributed by atoms with Crippen molar-refractivity contribution in [1.29, 1.82) is 0 Å². The van der Waals surface area contributed by atoms with Crippen molar-refractivity contribution in [3.63, 3.8) is 0 Å². The van der Waals surface area contributed by atoms with Gasteiger partial charge in [0.15, 0.2) is 5.69 Å². The third-order valence-electron chi connectivity index (χ3n) is 2.70. The molecule has 0 aliphatic carbocycles. The minimum absolute atomic E-state index is 0.0533. The van der Waals surface area contributed by atoms with Crippen molar-refractivity contribution in [2.75, 3.05) is 5.32 Å². The molecule has 0 aromatic carbocycles. The van der Waals surface area contributed by atoms with Crippen LogP contribution in [-0.4, -0.2) is 26.1 Å². The summed E-state index contributed by atoms with van der Waals surface area (Å²) in [4.78, 5) is 23.0. The maximum Gasteiger partial charge on any atom is 0.354 e. The second kappa shape index (κ2) is 4.40. The van der Waals surface area contributed by atoms with Crippen LogP contribution in [0, 0.1) is 0 Å². The van der Waals surface area contributed by atoms with Gasteiger partial charge in [0.2, 0.25) is 0 Å². The normalized spacial score (nSPS) is 10.3. The first-order valence-electron chi connectivity index (χ1n) is 5.32. The van der Waals surface area contributed by atoms with Gasteiger partial charge in [0, 0.05) is 26.5 Å². The fourth-order valence-electron chi connectivity index (χ4n) is 1.78. The summed E-state index contributed by atoms with van der Waals surface area (Å²) >= 11 is 0. The number of carboxylic acids is 1. The third-order valence-corrected chi connectivity index (χ3v) is 2.70. The van der Waals surface area contributed by atoms with E-state index in [2.05, 4.69) is 5.32 Å². The first kappa shape index (κ1) is 12.0. The second-order valence-corrected chi connectivity index (χ2v) is 3.95. The molecule has 2 aromatic heterocycles. The van der Waals surface area contributed by atoms with Crippen LogP contribution in [0.1, 0.15) is 21.0 Å². The van der Waals surface area contributed by atoms with Crippen molar-refractivity contribution in [3.8, 4) is 0 Å². The molecule has 2 aromatic rings. The topological polar surface area (TPSA) is 76.3 Å². The molecule has 94 valence electrons. The van der Waals surface area contributed by atoms with Crippen LogP contribution < -0.4 is 5.32 Å². The van der Waals surface area contributed by atoms with Crippen molar-refractivity contribution >= 4 is 17.6 Å². The number of nitrogens with zero attached hydrogens (tertiary/aromatic N) is 2. The Hall–Kier alpha value is -2.50. The van der Waals surface area contributed by atoms with Gasteiger partial charge in [0.25, 0.3) is 5.91 Å². The zero-order chi connectivity index (χ0) is 13.3. The molecule has 2 heterocycles. The number of aryl methyl sites for hydroxylation is 2. The van der Waals surface area contributed by atoms with Gasteiger partial charge in [-0.05, 0) is 18.2 Å². The van der Waals surface area contributed by atoms with E-state index in [1.54, 1.807) is 49.3 Å². The lowest BCUT2D eigenvalue weighted by molar-refractivity contribution is 0.0688. The minimum atomic E-state index is -1.08. The Morgan fingerprint density at radius 1 is 1.17 bits per heavy atom. The molecule has 0 unspecified atom stereocenters. The fraction of sp³-hybridized carbons (Fsp3) is 0.167. The Bertz CT molecular complexity index is 610. The summed E-state index contributed by atoms with van der Waals surface area (Å²) in [6.45, 7) is 0. The highest BCUT2D eigenvalue weighted by Crippen LogP contribution is 2.17. The van der Waals surface area contributed by atoms with Crippen LogP contribution in [0.15, 0.2) is 30.6 Å². The molecule has 0 aliphatic rings. The number of nitrogens with one attached hydrogen (secondary N) is 1. The molecule has 0 saturated carbocycles. The van der Waals surface area contributed by atoms with Crippen LogP contribution in [0.2, 0.25) is 0 Å². The van der Waals surface area contributed by atoms with Gasteiger partial charge in [-0.2, -0.15) is 0 Å². The number of aromatic nitrogens is 2. The molecule has 0 atom stereocenters. The lowest BCUT2D eigenvalue weighted by atomic mass is 10.3. The quantitative estimate of drug-likeness (QED) is 0.858. The molecule has 0 fully saturated rings. The Labute approximate surface area is 103 Å². The summed E-state index contributed by atoms with van der Waals surface area (Å²) in [6.07, 6.45) is 3.34. The molecule has 6 heteroatoms. The van der Waals surface area contributed by atoms with E-state index in [1.807, 2.05) is 0 Å². The Kier molecular flexibility index (Phi) is 2.93. The third kappa shape index (κ3) is 2.00. The summed E-state index contributed by atoms with van der Waals surface area (Å²) in [7, 11) is 3.36. The van der Waals surface area contributed by atoms with Gasteiger partial charge >= 0.3 is 5.97 Å². The number of anilines is 1. The molecular formula is C12H13N3O3. The highest BCUT2D eigenvalue weighted by atomic mass is 16.4. The molecule has 18 heavy (non-hydrogen) atoms. The molecule has 6 nitrogen and oxygen atoms in total. The number of carboxylic acid groups (broad SMARTS) is 1. The van der Waals surface area contributed by atoms with Gasteiger partial charge in [0.1, 0.15) is 5.69 Å². The van der Waals surface area contributed by atoms with E-state index in [1.165, 1.54) is 4.57 Å². The first-order chi connectivity index (χ1) is 8.50. The van der Waals surface area contributed by atoms with Gasteiger partial charge in [-0.3, -0.25) is 4.79 Å². The lowest BCUT2D eigenvalue weighted by Crippen LogP contribution is -2.17. The number of carbonyl (C=O) groups excluding carboxylic acids is 1. The Balaban J connectivity index is 2.28. The smallest absolute Gasteiger partial charge is 0.354 e. The molecule has 0 aliphatic heterocycles. The van der Waals surface area contributed by atoms with Crippen LogP contribution >= 0.6 is 0 Å². The van der Waals surface area contributed by atoms with E-state index < -0.39 is 5.97 Å².